The fraction of sp³-hybridized carbons (Fsp3) is 0.143. The highest BCUT2D eigenvalue weighted by Crippen LogP contribution is 2.27. The largest absolute Gasteiger partial charge is 0.434 e. The van der Waals surface area contributed by atoms with Crippen molar-refractivity contribution in [3.05, 3.63) is 57.9 Å². The summed E-state index contributed by atoms with van der Waals surface area (Å²) in [6, 6.07) is 7.95. The van der Waals surface area contributed by atoms with Crippen molar-refractivity contribution in [2.45, 2.75) is 13.2 Å². The molecule has 0 aromatic heterocycles. The Balaban J connectivity index is 2.28. The molecule has 5 nitrogen and oxygen atoms in total. The van der Waals surface area contributed by atoms with Gasteiger partial charge in [0.25, 0.3) is 5.69 Å². The standard InChI is InChI=1S/C14H12BF3N2O3/c15-8-4-5-12(20(21)22)11(6-8)19-7-9-10(16)2-1-3-13(9)23-14(17)18/h1-6,14,19H,7,15H2. The first-order valence-corrected chi connectivity index (χ1v) is 6.59. The second kappa shape index (κ2) is 7.04. The van der Waals surface area contributed by atoms with Gasteiger partial charge in [-0.25, -0.2) is 4.39 Å². The smallest absolute Gasteiger partial charge is 0.387 e. The van der Waals surface area contributed by atoms with E-state index in [0.717, 1.165) is 11.5 Å². The normalized spacial score (nSPS) is 10.6. The van der Waals surface area contributed by atoms with Gasteiger partial charge in [0.05, 0.1) is 4.92 Å². The van der Waals surface area contributed by atoms with Gasteiger partial charge >= 0.3 is 6.61 Å². The molecule has 0 radical (unpaired) electrons. The van der Waals surface area contributed by atoms with Gasteiger partial charge in [-0.3, -0.25) is 10.1 Å². The zero-order chi connectivity index (χ0) is 17.0. The van der Waals surface area contributed by atoms with Crippen LogP contribution in [-0.4, -0.2) is 19.4 Å². The molecule has 2 rings (SSSR count). The van der Waals surface area contributed by atoms with Crippen LogP contribution in [0.15, 0.2) is 36.4 Å². The van der Waals surface area contributed by atoms with E-state index in [0.29, 0.717) is 0 Å². The number of rotatable bonds is 6. The van der Waals surface area contributed by atoms with Crippen molar-refractivity contribution in [1.29, 1.82) is 0 Å². The molecule has 0 atom stereocenters. The Labute approximate surface area is 130 Å². The molecule has 0 unspecified atom stereocenters. The minimum absolute atomic E-state index is 0.136. The maximum atomic E-state index is 13.8. The Morgan fingerprint density at radius 2 is 2.04 bits per heavy atom. The number of alkyl halides is 2. The summed E-state index contributed by atoms with van der Waals surface area (Å²) in [4.78, 5) is 10.4. The molecular formula is C14H12BF3N2O3. The lowest BCUT2D eigenvalue weighted by Gasteiger charge is -2.13. The molecule has 0 saturated carbocycles. The Hall–Kier alpha value is -2.71. The third-order valence-electron chi connectivity index (χ3n) is 3.10. The van der Waals surface area contributed by atoms with Crippen molar-refractivity contribution in [1.82, 2.24) is 0 Å². The highest BCUT2D eigenvalue weighted by atomic mass is 19.3. The molecule has 2 aromatic carbocycles. The van der Waals surface area contributed by atoms with Gasteiger partial charge in [-0.1, -0.05) is 17.6 Å². The molecule has 0 bridgehead atoms. The molecule has 1 N–H and O–H groups in total. The molecule has 23 heavy (non-hydrogen) atoms. The number of nitrogens with zero attached hydrogens (tertiary/aromatic N) is 1. The minimum atomic E-state index is -3.09. The molecule has 0 heterocycles. The van der Waals surface area contributed by atoms with Gasteiger partial charge < -0.3 is 10.1 Å². The van der Waals surface area contributed by atoms with Crippen molar-refractivity contribution < 1.29 is 22.8 Å². The molecule has 0 aliphatic rings. The average Bonchev–Trinajstić information content (AvgIpc) is 2.45. The van der Waals surface area contributed by atoms with Crippen LogP contribution in [0.3, 0.4) is 0 Å². The predicted octanol–water partition coefficient (Wildman–Crippen LogP) is 2.21. The monoisotopic (exact) mass is 324 g/mol. The van der Waals surface area contributed by atoms with Crippen LogP contribution < -0.4 is 15.5 Å². The van der Waals surface area contributed by atoms with E-state index in [1.54, 1.807) is 13.9 Å². The number of anilines is 1. The van der Waals surface area contributed by atoms with E-state index in [4.69, 9.17) is 0 Å². The van der Waals surface area contributed by atoms with Gasteiger partial charge in [-0.15, -0.1) is 0 Å². The van der Waals surface area contributed by atoms with Crippen LogP contribution >= 0.6 is 0 Å². The van der Waals surface area contributed by atoms with Crippen molar-refractivity contribution in [2.24, 2.45) is 0 Å². The van der Waals surface area contributed by atoms with Crippen LogP contribution in [0.2, 0.25) is 0 Å². The number of benzene rings is 2. The zero-order valence-electron chi connectivity index (χ0n) is 12.1. The van der Waals surface area contributed by atoms with Gasteiger partial charge in [-0.05, 0) is 18.2 Å². The van der Waals surface area contributed by atoms with Gasteiger partial charge in [0.2, 0.25) is 0 Å². The Bertz CT molecular complexity index is 728. The number of hydrogen-bond donors (Lipinski definition) is 1. The van der Waals surface area contributed by atoms with Crippen LogP contribution in [0.5, 0.6) is 5.75 Å². The first-order chi connectivity index (χ1) is 10.9. The number of nitro benzene ring substituents is 1. The molecular weight excluding hydrogens is 312 g/mol. The second-order valence-electron chi connectivity index (χ2n) is 4.73. The lowest BCUT2D eigenvalue weighted by atomic mass is 9.95. The summed E-state index contributed by atoms with van der Waals surface area (Å²) in [6.07, 6.45) is 0. The summed E-state index contributed by atoms with van der Waals surface area (Å²) < 4.78 is 42.8. The molecule has 0 saturated heterocycles. The molecule has 0 fully saturated rings. The average molecular weight is 324 g/mol. The van der Waals surface area contributed by atoms with Crippen LogP contribution in [0, 0.1) is 15.9 Å². The van der Waals surface area contributed by atoms with Gasteiger partial charge in [-0.2, -0.15) is 8.78 Å². The zero-order valence-corrected chi connectivity index (χ0v) is 12.1. The Morgan fingerprint density at radius 3 is 2.70 bits per heavy atom. The Kier molecular flexibility index (Phi) is 5.10. The highest BCUT2D eigenvalue weighted by Gasteiger charge is 2.17. The number of nitrogens with one attached hydrogen (secondary N) is 1. The van der Waals surface area contributed by atoms with Gasteiger partial charge in [0.1, 0.15) is 25.1 Å². The van der Waals surface area contributed by atoms with E-state index >= 15 is 0 Å². The maximum Gasteiger partial charge on any atom is 0.387 e. The van der Waals surface area contributed by atoms with E-state index in [2.05, 4.69) is 10.1 Å². The van der Waals surface area contributed by atoms with Crippen LogP contribution in [0.4, 0.5) is 24.5 Å². The molecule has 0 aliphatic carbocycles. The third kappa shape index (κ3) is 4.15. The fourth-order valence-corrected chi connectivity index (χ4v) is 2.05. The number of ether oxygens (including phenoxy) is 1. The highest BCUT2D eigenvalue weighted by molar-refractivity contribution is 6.32. The van der Waals surface area contributed by atoms with E-state index in [-0.39, 0.29) is 29.2 Å². The summed E-state index contributed by atoms with van der Waals surface area (Å²) in [5.41, 5.74) is 0.601. The summed E-state index contributed by atoms with van der Waals surface area (Å²) in [6.45, 7) is -3.33. The van der Waals surface area contributed by atoms with Crippen molar-refractivity contribution in [3.63, 3.8) is 0 Å². The minimum Gasteiger partial charge on any atom is -0.434 e. The lowest BCUT2D eigenvalue weighted by Crippen LogP contribution is -2.11. The molecule has 0 amide bonds. The second-order valence-corrected chi connectivity index (χ2v) is 4.73. The van der Waals surface area contributed by atoms with E-state index in [1.165, 1.54) is 24.3 Å². The topological polar surface area (TPSA) is 64.4 Å². The SMILES string of the molecule is Bc1ccc([N+](=O)[O-])c(NCc2c(F)cccc2OC(F)F)c1. The quantitative estimate of drug-likeness (QED) is 0.503. The van der Waals surface area contributed by atoms with E-state index in [9.17, 15) is 23.3 Å². The molecule has 2 aromatic rings. The molecule has 9 heteroatoms. The third-order valence-corrected chi connectivity index (χ3v) is 3.10. The van der Waals surface area contributed by atoms with E-state index in [1.807, 2.05) is 0 Å². The number of halogens is 3. The number of nitro groups is 1. The van der Waals surface area contributed by atoms with Crippen molar-refractivity contribution >= 4 is 24.7 Å². The van der Waals surface area contributed by atoms with Crippen LogP contribution in [0.1, 0.15) is 5.56 Å². The van der Waals surface area contributed by atoms with Gasteiger partial charge in [0.15, 0.2) is 0 Å². The maximum absolute atomic E-state index is 13.8. The van der Waals surface area contributed by atoms with Crippen molar-refractivity contribution in [2.75, 3.05) is 5.32 Å². The van der Waals surface area contributed by atoms with Gasteiger partial charge in [0, 0.05) is 18.2 Å². The van der Waals surface area contributed by atoms with Crippen molar-refractivity contribution in [3.8, 4) is 5.75 Å². The fourth-order valence-electron chi connectivity index (χ4n) is 2.05. The summed E-state index contributed by atoms with van der Waals surface area (Å²) in [5.74, 6) is -1.06. The summed E-state index contributed by atoms with van der Waals surface area (Å²) in [5, 5.41) is 13.7. The van der Waals surface area contributed by atoms with Crippen LogP contribution in [-0.2, 0) is 6.54 Å². The summed E-state index contributed by atoms with van der Waals surface area (Å²) in [7, 11) is 1.74. The predicted molar refractivity (Wildman–Crippen MR) is 81.6 cm³/mol. The Morgan fingerprint density at radius 1 is 1.30 bits per heavy atom. The first kappa shape index (κ1) is 16.7. The number of hydrogen-bond acceptors (Lipinski definition) is 4. The van der Waals surface area contributed by atoms with E-state index < -0.39 is 17.4 Å². The lowest BCUT2D eigenvalue weighted by molar-refractivity contribution is -0.383. The molecule has 120 valence electrons. The molecule has 0 spiro atoms. The molecule has 0 aliphatic heterocycles. The first-order valence-electron chi connectivity index (χ1n) is 6.59. The van der Waals surface area contributed by atoms with Crippen LogP contribution in [0.25, 0.3) is 0 Å². The summed E-state index contributed by atoms with van der Waals surface area (Å²) >= 11 is 0.